The van der Waals surface area contributed by atoms with E-state index in [-0.39, 0.29) is 5.54 Å². The highest BCUT2D eigenvalue weighted by Crippen LogP contribution is 2.41. The van der Waals surface area contributed by atoms with E-state index >= 15 is 0 Å². The Kier molecular flexibility index (Phi) is 4.67. The van der Waals surface area contributed by atoms with Gasteiger partial charge in [-0.05, 0) is 34.2 Å². The second kappa shape index (κ2) is 6.11. The van der Waals surface area contributed by atoms with Gasteiger partial charge < -0.3 is 5.32 Å². The molecule has 6 nitrogen and oxygen atoms in total. The zero-order chi connectivity index (χ0) is 14.8. The average molecular weight is 282 g/mol. The van der Waals surface area contributed by atoms with Gasteiger partial charge in [0.15, 0.2) is 6.73 Å². The van der Waals surface area contributed by atoms with Crippen molar-refractivity contribution >= 4 is 5.82 Å². The number of hydrogen-bond donors (Lipinski definition) is 1. The Morgan fingerprint density at radius 3 is 2.60 bits per heavy atom. The van der Waals surface area contributed by atoms with Crippen molar-refractivity contribution in [3.05, 3.63) is 11.3 Å². The van der Waals surface area contributed by atoms with Gasteiger partial charge in [-0.15, -0.1) is 0 Å². The van der Waals surface area contributed by atoms with Crippen molar-refractivity contribution in [2.75, 3.05) is 25.0 Å². The van der Waals surface area contributed by atoms with Crippen molar-refractivity contribution in [1.29, 1.82) is 0 Å². The van der Waals surface area contributed by atoms with E-state index in [1.807, 2.05) is 11.6 Å². The molecule has 0 spiro atoms. The second-order valence-corrected chi connectivity index (χ2v) is 5.43. The lowest BCUT2D eigenvalue weighted by Gasteiger charge is -2.30. The number of rotatable bonds is 7. The molecule has 1 aromatic rings. The van der Waals surface area contributed by atoms with Gasteiger partial charge in [0.05, 0.1) is 17.8 Å². The van der Waals surface area contributed by atoms with Crippen molar-refractivity contribution in [3.8, 4) is 0 Å². The molecule has 0 atom stereocenters. The van der Waals surface area contributed by atoms with Crippen molar-refractivity contribution in [2.24, 2.45) is 0 Å². The number of fused-ring (bicyclic) bond motifs is 1. The van der Waals surface area contributed by atoms with Crippen molar-refractivity contribution in [3.63, 3.8) is 0 Å². The predicted octanol–water partition coefficient (Wildman–Crippen LogP) is 2.31. The lowest BCUT2D eigenvalue weighted by Crippen LogP contribution is -2.36. The fraction of sp³-hybridized carbons (Fsp3) is 0.786. The number of anilines is 1. The Labute approximate surface area is 121 Å². The second-order valence-electron chi connectivity index (χ2n) is 5.43. The SMILES string of the molecule is CCNc1c2c(nn1COOCC)C(C)(C)N(CC)C2. The zero-order valence-electron chi connectivity index (χ0n) is 13.2. The van der Waals surface area contributed by atoms with Crippen LogP contribution in [0.4, 0.5) is 5.82 Å². The van der Waals surface area contributed by atoms with Gasteiger partial charge in [0.25, 0.3) is 0 Å². The molecule has 1 aliphatic heterocycles. The third kappa shape index (κ3) is 2.55. The van der Waals surface area contributed by atoms with E-state index in [9.17, 15) is 0 Å². The number of nitrogens with zero attached hydrogens (tertiary/aromatic N) is 3. The van der Waals surface area contributed by atoms with Crippen LogP contribution in [0.3, 0.4) is 0 Å². The molecular formula is C14H26N4O2. The van der Waals surface area contributed by atoms with Gasteiger partial charge in [0.1, 0.15) is 5.82 Å². The Morgan fingerprint density at radius 2 is 2.00 bits per heavy atom. The fourth-order valence-electron chi connectivity index (χ4n) is 2.82. The first kappa shape index (κ1) is 15.3. The maximum Gasteiger partial charge on any atom is 0.176 e. The van der Waals surface area contributed by atoms with Crippen LogP contribution in [0, 0.1) is 0 Å². The molecule has 0 bridgehead atoms. The molecule has 0 saturated heterocycles. The number of aromatic nitrogens is 2. The first-order valence-electron chi connectivity index (χ1n) is 7.39. The summed E-state index contributed by atoms with van der Waals surface area (Å²) < 4.78 is 1.86. The van der Waals surface area contributed by atoms with Gasteiger partial charge in [-0.1, -0.05) is 6.92 Å². The van der Waals surface area contributed by atoms with Gasteiger partial charge in [0, 0.05) is 18.7 Å². The lowest BCUT2D eigenvalue weighted by molar-refractivity contribution is -0.315. The predicted molar refractivity (Wildman–Crippen MR) is 78.2 cm³/mol. The largest absolute Gasteiger partial charge is 0.370 e. The molecule has 6 heteroatoms. The molecule has 0 radical (unpaired) electrons. The minimum absolute atomic E-state index is 0.0366. The van der Waals surface area contributed by atoms with E-state index in [1.54, 1.807) is 0 Å². The van der Waals surface area contributed by atoms with Crippen molar-refractivity contribution in [1.82, 2.24) is 14.7 Å². The molecule has 0 aliphatic carbocycles. The van der Waals surface area contributed by atoms with E-state index in [0.29, 0.717) is 13.3 Å². The third-order valence-corrected chi connectivity index (χ3v) is 3.87. The standard InChI is InChI=1S/C14H26N4O2/c1-6-15-13-11-9-17(7-2)14(4,5)12(11)16-18(13)10-20-19-8-3/h15H,6-10H2,1-5H3. The highest BCUT2D eigenvalue weighted by molar-refractivity contribution is 5.52. The summed E-state index contributed by atoms with van der Waals surface area (Å²) in [4.78, 5) is 12.6. The first-order valence-corrected chi connectivity index (χ1v) is 7.39. The zero-order valence-corrected chi connectivity index (χ0v) is 13.2. The molecule has 114 valence electrons. The molecule has 1 aromatic heterocycles. The quantitative estimate of drug-likeness (QED) is 0.472. The smallest absolute Gasteiger partial charge is 0.176 e. The number of nitrogens with one attached hydrogen (secondary N) is 1. The van der Waals surface area contributed by atoms with Crippen LogP contribution < -0.4 is 5.32 Å². The summed E-state index contributed by atoms with van der Waals surface area (Å²) in [5.74, 6) is 1.05. The van der Waals surface area contributed by atoms with Crippen molar-refractivity contribution < 1.29 is 9.78 Å². The normalized spacial score (nSPS) is 17.4. The molecule has 0 fully saturated rings. The number of hydrogen-bond acceptors (Lipinski definition) is 5. The molecule has 0 aromatic carbocycles. The van der Waals surface area contributed by atoms with Gasteiger partial charge in [-0.2, -0.15) is 5.10 Å². The molecule has 20 heavy (non-hydrogen) atoms. The minimum Gasteiger partial charge on any atom is -0.370 e. The molecule has 2 heterocycles. The van der Waals surface area contributed by atoms with E-state index < -0.39 is 0 Å². The summed E-state index contributed by atoms with van der Waals surface area (Å²) in [7, 11) is 0. The summed E-state index contributed by atoms with van der Waals surface area (Å²) in [5, 5.41) is 8.14. The maximum atomic E-state index is 5.16. The van der Waals surface area contributed by atoms with Crippen LogP contribution in [0.5, 0.6) is 0 Å². The maximum absolute atomic E-state index is 5.16. The highest BCUT2D eigenvalue weighted by atomic mass is 17.2. The van der Waals surface area contributed by atoms with Gasteiger partial charge >= 0.3 is 0 Å². The highest BCUT2D eigenvalue weighted by Gasteiger charge is 2.41. The first-order chi connectivity index (χ1) is 9.56. The third-order valence-electron chi connectivity index (χ3n) is 3.87. The van der Waals surface area contributed by atoms with Crippen molar-refractivity contribution in [2.45, 2.75) is 53.4 Å². The topological polar surface area (TPSA) is 51.6 Å². The summed E-state index contributed by atoms with van der Waals surface area (Å²) in [6, 6.07) is 0. The van der Waals surface area contributed by atoms with Gasteiger partial charge in [0.2, 0.25) is 0 Å². The molecule has 0 amide bonds. The average Bonchev–Trinajstić information content (AvgIpc) is 2.87. The van der Waals surface area contributed by atoms with E-state index in [1.165, 1.54) is 5.56 Å². The lowest BCUT2D eigenvalue weighted by atomic mass is 10.0. The Balaban J connectivity index is 2.29. The molecule has 0 unspecified atom stereocenters. The Hall–Kier alpha value is -1.11. The molecular weight excluding hydrogens is 256 g/mol. The Bertz CT molecular complexity index is 456. The van der Waals surface area contributed by atoms with E-state index in [4.69, 9.17) is 14.9 Å². The fourth-order valence-corrected chi connectivity index (χ4v) is 2.82. The molecule has 1 N–H and O–H groups in total. The van der Waals surface area contributed by atoms with Crippen LogP contribution in [0.25, 0.3) is 0 Å². The minimum atomic E-state index is -0.0366. The molecule has 2 rings (SSSR count). The van der Waals surface area contributed by atoms with Crippen LogP contribution in [0.15, 0.2) is 0 Å². The van der Waals surface area contributed by atoms with Crippen LogP contribution in [0.2, 0.25) is 0 Å². The van der Waals surface area contributed by atoms with Gasteiger partial charge in [-0.25, -0.2) is 14.5 Å². The van der Waals surface area contributed by atoms with E-state index in [0.717, 1.165) is 31.1 Å². The van der Waals surface area contributed by atoms with Gasteiger partial charge in [-0.3, -0.25) is 4.90 Å². The summed E-state index contributed by atoms with van der Waals surface area (Å²) >= 11 is 0. The van der Waals surface area contributed by atoms with E-state index in [2.05, 4.69) is 37.9 Å². The monoisotopic (exact) mass is 282 g/mol. The molecule has 0 saturated carbocycles. The Morgan fingerprint density at radius 1 is 1.25 bits per heavy atom. The summed E-state index contributed by atoms with van der Waals surface area (Å²) in [5.41, 5.74) is 2.37. The molecule has 1 aliphatic rings. The van der Waals surface area contributed by atoms with Crippen LogP contribution in [-0.2, 0) is 28.6 Å². The summed E-state index contributed by atoms with van der Waals surface area (Å²) in [6.07, 6.45) is 0. The summed E-state index contributed by atoms with van der Waals surface area (Å²) in [6.45, 7) is 14.3. The van der Waals surface area contributed by atoms with Crippen LogP contribution in [-0.4, -0.2) is 34.4 Å². The van der Waals surface area contributed by atoms with Crippen LogP contribution >= 0.6 is 0 Å². The van der Waals surface area contributed by atoms with Crippen LogP contribution in [0.1, 0.15) is 45.9 Å².